The van der Waals surface area contributed by atoms with Crippen molar-refractivity contribution in [3.8, 4) is 17.0 Å². The van der Waals surface area contributed by atoms with Crippen LogP contribution in [0.3, 0.4) is 0 Å². The van der Waals surface area contributed by atoms with Gasteiger partial charge in [-0.05, 0) is 38.1 Å². The Bertz CT molecular complexity index is 1010. The zero-order valence-electron chi connectivity index (χ0n) is 15.1. The van der Waals surface area contributed by atoms with Crippen LogP contribution in [-0.2, 0) is 0 Å². The second kappa shape index (κ2) is 8.01. The van der Waals surface area contributed by atoms with Crippen LogP contribution in [0.4, 0.5) is 0 Å². The van der Waals surface area contributed by atoms with E-state index in [1.54, 1.807) is 13.2 Å². The van der Waals surface area contributed by atoms with Crippen molar-refractivity contribution in [2.24, 2.45) is 10.1 Å². The van der Waals surface area contributed by atoms with Gasteiger partial charge in [0.15, 0.2) is 0 Å². The molecule has 0 aliphatic heterocycles. The van der Waals surface area contributed by atoms with Crippen LogP contribution in [0.2, 0.25) is 0 Å². The molecule has 0 saturated carbocycles. The minimum absolute atomic E-state index is 0.528. The predicted octanol–water partition coefficient (Wildman–Crippen LogP) is 4.49. The summed E-state index contributed by atoms with van der Waals surface area (Å²) in [4.78, 5) is 5.35. The number of ether oxygens (including phenoxy) is 1. The van der Waals surface area contributed by atoms with Crippen LogP contribution in [0.5, 0.6) is 5.75 Å². The van der Waals surface area contributed by atoms with Crippen LogP contribution in [0, 0.1) is 6.92 Å². The Morgan fingerprint density at radius 1 is 1.31 bits per heavy atom. The van der Waals surface area contributed by atoms with Gasteiger partial charge in [-0.1, -0.05) is 18.2 Å². The molecule has 0 spiro atoms. The molecule has 2 heterocycles. The topological polar surface area (TPSA) is 52.0 Å². The van der Waals surface area contributed by atoms with E-state index in [4.69, 9.17) is 14.3 Å². The van der Waals surface area contributed by atoms with Gasteiger partial charge < -0.3 is 9.15 Å². The monoisotopic (exact) mass is 367 g/mol. The van der Waals surface area contributed by atoms with Gasteiger partial charge in [0.25, 0.3) is 0 Å². The Morgan fingerprint density at radius 3 is 2.81 bits per heavy atom. The lowest BCUT2D eigenvalue weighted by molar-refractivity contribution is 0.416. The highest BCUT2D eigenvalue weighted by atomic mass is 32.1. The first-order chi connectivity index (χ1) is 12.6. The van der Waals surface area contributed by atoms with Gasteiger partial charge in [0.05, 0.1) is 19.3 Å². The van der Waals surface area contributed by atoms with E-state index in [1.807, 2.05) is 60.3 Å². The first kappa shape index (κ1) is 17.9. The number of thiazole rings is 1. The zero-order chi connectivity index (χ0) is 18.5. The Kier molecular flexibility index (Phi) is 5.53. The van der Waals surface area contributed by atoms with E-state index in [0.29, 0.717) is 6.54 Å². The maximum absolute atomic E-state index is 5.69. The molecule has 0 bridgehead atoms. The van der Waals surface area contributed by atoms with Crippen molar-refractivity contribution in [3.63, 3.8) is 0 Å². The van der Waals surface area contributed by atoms with Gasteiger partial charge in [-0.15, -0.1) is 17.9 Å². The molecule has 0 fully saturated rings. The SMILES string of the molecule is C=CCN=c1scc(-c2ccccc2OC)n1N=C(C)c1ccc(C)o1. The predicted molar refractivity (Wildman–Crippen MR) is 106 cm³/mol. The summed E-state index contributed by atoms with van der Waals surface area (Å²) >= 11 is 1.53. The van der Waals surface area contributed by atoms with E-state index in [0.717, 1.165) is 39.0 Å². The molecule has 0 saturated heterocycles. The highest BCUT2D eigenvalue weighted by Gasteiger charge is 2.13. The van der Waals surface area contributed by atoms with Crippen molar-refractivity contribution in [2.45, 2.75) is 13.8 Å². The molecule has 3 aromatic rings. The first-order valence-electron chi connectivity index (χ1n) is 8.21. The quantitative estimate of drug-likeness (QED) is 0.476. The summed E-state index contributed by atoms with van der Waals surface area (Å²) in [5.74, 6) is 2.38. The van der Waals surface area contributed by atoms with Crippen molar-refractivity contribution in [1.29, 1.82) is 0 Å². The van der Waals surface area contributed by atoms with Crippen LogP contribution in [0.1, 0.15) is 18.4 Å². The average molecular weight is 367 g/mol. The molecular formula is C20H21N3O2S. The van der Waals surface area contributed by atoms with Gasteiger partial charge in [-0.3, -0.25) is 4.99 Å². The maximum atomic E-state index is 5.69. The van der Waals surface area contributed by atoms with Gasteiger partial charge in [0, 0.05) is 10.9 Å². The third-order valence-corrected chi connectivity index (χ3v) is 4.62. The third-order valence-electron chi connectivity index (χ3n) is 3.77. The van der Waals surface area contributed by atoms with E-state index in [1.165, 1.54) is 11.3 Å². The van der Waals surface area contributed by atoms with Gasteiger partial charge in [0.1, 0.15) is 23.0 Å². The standard InChI is InChI=1S/C20H21N3O2S/c1-5-12-21-20-23(22-15(3)18-11-10-14(2)25-18)17(13-26-20)16-8-6-7-9-19(16)24-4/h5-11,13H,1,12H2,2-4H3. The van der Waals surface area contributed by atoms with Gasteiger partial charge in [-0.25, -0.2) is 4.68 Å². The van der Waals surface area contributed by atoms with Crippen molar-refractivity contribution >= 4 is 17.0 Å². The van der Waals surface area contributed by atoms with Crippen LogP contribution in [0.25, 0.3) is 11.3 Å². The molecule has 2 aromatic heterocycles. The number of hydrogen-bond donors (Lipinski definition) is 0. The van der Waals surface area contributed by atoms with Crippen molar-refractivity contribution in [3.05, 3.63) is 70.8 Å². The highest BCUT2D eigenvalue weighted by molar-refractivity contribution is 7.07. The number of benzene rings is 1. The van der Waals surface area contributed by atoms with E-state index in [9.17, 15) is 0 Å². The minimum atomic E-state index is 0.528. The summed E-state index contributed by atoms with van der Waals surface area (Å²) in [5, 5.41) is 6.81. The van der Waals surface area contributed by atoms with Gasteiger partial charge in [0.2, 0.25) is 4.80 Å². The number of aryl methyl sites for hydroxylation is 1. The van der Waals surface area contributed by atoms with Gasteiger partial charge >= 0.3 is 0 Å². The van der Waals surface area contributed by atoms with Crippen LogP contribution in [-0.4, -0.2) is 24.0 Å². The molecule has 6 heteroatoms. The smallest absolute Gasteiger partial charge is 0.206 e. The lowest BCUT2D eigenvalue weighted by Gasteiger charge is -2.09. The number of methoxy groups -OCH3 is 1. The van der Waals surface area contributed by atoms with Crippen LogP contribution >= 0.6 is 11.3 Å². The Labute approximate surface area is 156 Å². The number of aromatic nitrogens is 1. The lowest BCUT2D eigenvalue weighted by atomic mass is 10.1. The van der Waals surface area contributed by atoms with E-state index in [-0.39, 0.29) is 0 Å². The normalized spacial score (nSPS) is 12.4. The average Bonchev–Trinajstić information content (AvgIpc) is 3.26. The fourth-order valence-electron chi connectivity index (χ4n) is 2.52. The molecule has 5 nitrogen and oxygen atoms in total. The van der Waals surface area contributed by atoms with Gasteiger partial charge in [-0.2, -0.15) is 5.10 Å². The van der Waals surface area contributed by atoms with Crippen molar-refractivity contribution in [1.82, 2.24) is 4.68 Å². The number of para-hydroxylation sites is 1. The molecule has 3 rings (SSSR count). The minimum Gasteiger partial charge on any atom is -0.496 e. The van der Waals surface area contributed by atoms with Crippen molar-refractivity contribution in [2.75, 3.05) is 13.7 Å². The van der Waals surface area contributed by atoms with E-state index >= 15 is 0 Å². The summed E-state index contributed by atoms with van der Waals surface area (Å²) in [6, 6.07) is 11.7. The zero-order valence-corrected chi connectivity index (χ0v) is 15.9. The Hall–Kier alpha value is -2.86. The molecule has 0 radical (unpaired) electrons. The third kappa shape index (κ3) is 3.70. The molecule has 0 atom stereocenters. The van der Waals surface area contributed by atoms with E-state index in [2.05, 4.69) is 11.6 Å². The van der Waals surface area contributed by atoms with Crippen molar-refractivity contribution < 1.29 is 9.15 Å². The number of hydrogen-bond acceptors (Lipinski definition) is 5. The Balaban J connectivity index is 2.18. The molecule has 26 heavy (non-hydrogen) atoms. The highest BCUT2D eigenvalue weighted by Crippen LogP contribution is 2.30. The molecule has 0 aliphatic rings. The van der Waals surface area contributed by atoms with E-state index < -0.39 is 0 Å². The summed E-state index contributed by atoms with van der Waals surface area (Å²) in [5.41, 5.74) is 2.64. The molecule has 134 valence electrons. The largest absolute Gasteiger partial charge is 0.496 e. The molecule has 0 N–H and O–H groups in total. The fraction of sp³-hybridized carbons (Fsp3) is 0.200. The number of nitrogens with zero attached hydrogens (tertiary/aromatic N) is 3. The lowest BCUT2D eigenvalue weighted by Crippen LogP contribution is -2.14. The first-order valence-corrected chi connectivity index (χ1v) is 9.09. The van der Waals surface area contributed by atoms with Crippen LogP contribution < -0.4 is 9.54 Å². The maximum Gasteiger partial charge on any atom is 0.206 e. The second-order valence-corrected chi connectivity index (χ2v) is 6.48. The fourth-order valence-corrected chi connectivity index (χ4v) is 3.35. The number of rotatable bonds is 6. The second-order valence-electron chi connectivity index (χ2n) is 5.64. The summed E-state index contributed by atoms with van der Waals surface area (Å²) in [7, 11) is 1.67. The molecular weight excluding hydrogens is 346 g/mol. The Morgan fingerprint density at radius 2 is 2.12 bits per heavy atom. The molecule has 0 unspecified atom stereocenters. The summed E-state index contributed by atoms with van der Waals surface area (Å²) in [6.07, 6.45) is 1.76. The number of furan rings is 1. The summed E-state index contributed by atoms with van der Waals surface area (Å²) < 4.78 is 13.0. The molecule has 1 aromatic carbocycles. The molecule has 0 aliphatic carbocycles. The molecule has 0 amide bonds. The van der Waals surface area contributed by atoms with Crippen LogP contribution in [0.15, 0.2) is 68.9 Å². The summed E-state index contributed by atoms with van der Waals surface area (Å²) in [6.45, 7) is 8.11.